The summed E-state index contributed by atoms with van der Waals surface area (Å²) in [6, 6.07) is 5.44. The highest BCUT2D eigenvalue weighted by molar-refractivity contribution is 5.76. The molecule has 1 aromatic carbocycles. The van der Waals surface area contributed by atoms with E-state index in [-0.39, 0.29) is 12.5 Å². The van der Waals surface area contributed by atoms with Crippen LogP contribution in [0.2, 0.25) is 0 Å². The number of fused-ring (bicyclic) bond motifs is 2. The molecule has 0 bridgehead atoms. The molecule has 0 saturated heterocycles. The number of aromatic amines is 1. The van der Waals surface area contributed by atoms with Gasteiger partial charge in [-0.05, 0) is 43.4 Å². The highest BCUT2D eigenvalue weighted by atomic mass is 16.5. The lowest BCUT2D eigenvalue weighted by Crippen LogP contribution is -2.23. The van der Waals surface area contributed by atoms with E-state index in [0.717, 1.165) is 29.8 Å². The summed E-state index contributed by atoms with van der Waals surface area (Å²) in [6.45, 7) is 0.272. The first-order chi connectivity index (χ1) is 12.7. The van der Waals surface area contributed by atoms with Crippen LogP contribution in [0.4, 0.5) is 0 Å². The molecule has 3 aromatic rings. The van der Waals surface area contributed by atoms with Crippen LogP contribution in [0.3, 0.4) is 0 Å². The Hall–Kier alpha value is -2.83. The van der Waals surface area contributed by atoms with Crippen LogP contribution in [-0.4, -0.2) is 28.2 Å². The first-order valence-corrected chi connectivity index (χ1v) is 8.98. The molecule has 4 rings (SSSR count). The van der Waals surface area contributed by atoms with Gasteiger partial charge in [-0.15, -0.1) is 0 Å². The molecule has 7 nitrogen and oxygen atoms in total. The molecular formula is C19H22N4O3. The maximum Gasteiger partial charge on any atom is 0.220 e. The number of amides is 1. The lowest BCUT2D eigenvalue weighted by Gasteiger charge is -2.11. The summed E-state index contributed by atoms with van der Waals surface area (Å²) < 4.78 is 10.8. The third kappa shape index (κ3) is 3.42. The molecule has 0 saturated carbocycles. The van der Waals surface area contributed by atoms with Gasteiger partial charge >= 0.3 is 0 Å². The minimum absolute atomic E-state index is 0.0302. The molecule has 2 aromatic heterocycles. The molecular weight excluding hydrogens is 332 g/mol. The highest BCUT2D eigenvalue weighted by Gasteiger charge is 2.17. The Balaban J connectivity index is 1.32. The maximum atomic E-state index is 12.2. The van der Waals surface area contributed by atoms with Crippen molar-refractivity contribution in [1.82, 2.24) is 20.5 Å². The largest absolute Gasteiger partial charge is 0.497 e. The number of nitrogens with zero attached hydrogens (tertiary/aromatic N) is 2. The van der Waals surface area contributed by atoms with Crippen LogP contribution in [0, 0.1) is 0 Å². The van der Waals surface area contributed by atoms with E-state index in [9.17, 15) is 4.79 Å². The van der Waals surface area contributed by atoms with Crippen molar-refractivity contribution in [3.63, 3.8) is 0 Å². The van der Waals surface area contributed by atoms with Crippen molar-refractivity contribution >= 4 is 17.0 Å². The van der Waals surface area contributed by atoms with Gasteiger partial charge in [-0.1, -0.05) is 0 Å². The van der Waals surface area contributed by atoms with Crippen LogP contribution in [0.15, 0.2) is 22.6 Å². The average Bonchev–Trinajstić information content (AvgIpc) is 3.27. The van der Waals surface area contributed by atoms with Crippen molar-refractivity contribution in [3.8, 4) is 5.75 Å². The zero-order chi connectivity index (χ0) is 17.9. The molecule has 1 aliphatic carbocycles. The second kappa shape index (κ2) is 7.19. The topological polar surface area (TPSA) is 93.0 Å². The van der Waals surface area contributed by atoms with Crippen LogP contribution in [0.5, 0.6) is 5.75 Å². The van der Waals surface area contributed by atoms with Crippen LogP contribution in [0.25, 0.3) is 11.1 Å². The molecule has 1 amide bonds. The number of rotatable bonds is 6. The molecule has 0 radical (unpaired) electrons. The highest BCUT2D eigenvalue weighted by Crippen LogP contribution is 2.23. The number of carbonyl (C=O) groups excluding carboxylic acids is 1. The molecule has 1 aliphatic rings. The van der Waals surface area contributed by atoms with E-state index < -0.39 is 0 Å². The molecule has 0 unspecified atom stereocenters. The van der Waals surface area contributed by atoms with Crippen LogP contribution < -0.4 is 10.1 Å². The summed E-state index contributed by atoms with van der Waals surface area (Å²) in [7, 11) is 1.61. The predicted octanol–water partition coefficient (Wildman–Crippen LogP) is 2.69. The third-order valence-corrected chi connectivity index (χ3v) is 4.81. The predicted molar refractivity (Wildman–Crippen MR) is 96.0 cm³/mol. The minimum atomic E-state index is -0.0302. The van der Waals surface area contributed by atoms with Gasteiger partial charge in [0.15, 0.2) is 5.58 Å². The van der Waals surface area contributed by atoms with Crippen molar-refractivity contribution in [1.29, 1.82) is 0 Å². The zero-order valence-electron chi connectivity index (χ0n) is 14.8. The molecule has 136 valence electrons. The molecule has 2 heterocycles. The number of hydrogen-bond acceptors (Lipinski definition) is 5. The van der Waals surface area contributed by atoms with Crippen molar-refractivity contribution in [3.05, 3.63) is 41.0 Å². The van der Waals surface area contributed by atoms with E-state index in [2.05, 4.69) is 20.5 Å². The molecule has 7 heteroatoms. The van der Waals surface area contributed by atoms with Crippen LogP contribution in [-0.2, 0) is 30.6 Å². The van der Waals surface area contributed by atoms with Gasteiger partial charge in [0, 0.05) is 24.6 Å². The zero-order valence-corrected chi connectivity index (χ0v) is 14.8. The fraction of sp³-hybridized carbons (Fsp3) is 0.421. The normalized spacial score (nSPS) is 13.6. The SMILES string of the molecule is COc1ccc2oc(CNC(=O)CCc3n[nH]c4c3CCCC4)nc2c1. The quantitative estimate of drug-likeness (QED) is 0.710. The van der Waals surface area contributed by atoms with Crippen LogP contribution in [0.1, 0.15) is 42.1 Å². The summed E-state index contributed by atoms with van der Waals surface area (Å²) >= 11 is 0. The molecule has 2 N–H and O–H groups in total. The smallest absolute Gasteiger partial charge is 0.220 e. The number of benzene rings is 1. The first kappa shape index (κ1) is 16.6. The van der Waals surface area contributed by atoms with Crippen LogP contribution >= 0.6 is 0 Å². The minimum Gasteiger partial charge on any atom is -0.497 e. The van der Waals surface area contributed by atoms with Gasteiger partial charge in [-0.25, -0.2) is 4.98 Å². The number of nitrogens with one attached hydrogen (secondary N) is 2. The summed E-state index contributed by atoms with van der Waals surface area (Å²) in [5.41, 5.74) is 4.99. The van der Waals surface area contributed by atoms with E-state index in [1.165, 1.54) is 24.1 Å². The van der Waals surface area contributed by atoms with Crippen molar-refractivity contribution < 1.29 is 13.9 Å². The van der Waals surface area contributed by atoms with Gasteiger partial charge in [-0.2, -0.15) is 5.10 Å². The number of hydrogen-bond donors (Lipinski definition) is 2. The van der Waals surface area contributed by atoms with Gasteiger partial charge in [0.05, 0.1) is 19.3 Å². The second-order valence-electron chi connectivity index (χ2n) is 6.55. The molecule has 26 heavy (non-hydrogen) atoms. The van der Waals surface area contributed by atoms with Gasteiger partial charge in [0.1, 0.15) is 11.3 Å². The fourth-order valence-electron chi connectivity index (χ4n) is 3.41. The summed E-state index contributed by atoms with van der Waals surface area (Å²) in [5, 5.41) is 10.4. The number of carbonyl (C=O) groups is 1. The van der Waals surface area contributed by atoms with Crippen molar-refractivity contribution in [2.45, 2.75) is 45.1 Å². The molecule has 0 spiro atoms. The number of H-pyrrole nitrogens is 1. The molecule has 0 fully saturated rings. The summed E-state index contributed by atoms with van der Waals surface area (Å²) in [4.78, 5) is 16.5. The van der Waals surface area contributed by atoms with Crippen molar-refractivity contribution in [2.24, 2.45) is 0 Å². The Morgan fingerprint density at radius 3 is 3.12 bits per heavy atom. The Kier molecular flexibility index (Phi) is 4.60. The number of aromatic nitrogens is 3. The van der Waals surface area contributed by atoms with E-state index in [1.807, 2.05) is 18.2 Å². The Morgan fingerprint density at radius 2 is 2.23 bits per heavy atom. The lowest BCUT2D eigenvalue weighted by atomic mass is 9.95. The first-order valence-electron chi connectivity index (χ1n) is 8.98. The summed E-state index contributed by atoms with van der Waals surface area (Å²) in [6.07, 6.45) is 5.61. The van der Waals surface area contributed by atoms with Gasteiger partial charge < -0.3 is 14.5 Å². The number of ether oxygens (including phenoxy) is 1. The Morgan fingerprint density at radius 1 is 1.35 bits per heavy atom. The Bertz CT molecular complexity index is 928. The summed E-state index contributed by atoms with van der Waals surface area (Å²) in [5.74, 6) is 1.18. The maximum absolute atomic E-state index is 12.2. The lowest BCUT2D eigenvalue weighted by molar-refractivity contribution is -0.121. The standard InChI is InChI=1S/C19H22N4O3/c1-25-12-6-8-17-16(10-12)21-19(26-17)11-20-18(24)9-7-15-13-4-2-3-5-14(13)22-23-15/h6,8,10H,2-5,7,9,11H2,1H3,(H,20,24)(H,22,23). The van der Waals surface area contributed by atoms with E-state index in [1.54, 1.807) is 7.11 Å². The number of methoxy groups -OCH3 is 1. The van der Waals surface area contributed by atoms with E-state index in [0.29, 0.717) is 24.3 Å². The third-order valence-electron chi connectivity index (χ3n) is 4.81. The fourth-order valence-corrected chi connectivity index (χ4v) is 3.41. The monoisotopic (exact) mass is 354 g/mol. The second-order valence-corrected chi connectivity index (χ2v) is 6.55. The average molecular weight is 354 g/mol. The van der Waals surface area contributed by atoms with Gasteiger partial charge in [-0.3, -0.25) is 9.89 Å². The number of oxazole rings is 1. The Labute approximate surface area is 151 Å². The van der Waals surface area contributed by atoms with Crippen molar-refractivity contribution in [2.75, 3.05) is 7.11 Å². The van der Waals surface area contributed by atoms with Gasteiger partial charge in [0.2, 0.25) is 11.8 Å². The van der Waals surface area contributed by atoms with Gasteiger partial charge in [0.25, 0.3) is 0 Å². The number of aryl methyl sites for hydroxylation is 2. The van der Waals surface area contributed by atoms with E-state index in [4.69, 9.17) is 9.15 Å². The molecule has 0 atom stereocenters. The molecule has 0 aliphatic heterocycles. The van der Waals surface area contributed by atoms with E-state index >= 15 is 0 Å².